The molecule has 0 aliphatic carbocycles. The molecule has 20 heavy (non-hydrogen) atoms. The van der Waals surface area contributed by atoms with E-state index in [1.54, 1.807) is 25.7 Å². The van der Waals surface area contributed by atoms with Gasteiger partial charge in [0.1, 0.15) is 5.37 Å². The van der Waals surface area contributed by atoms with Gasteiger partial charge in [-0.15, -0.1) is 11.8 Å². The zero-order valence-corrected chi connectivity index (χ0v) is 13.3. The van der Waals surface area contributed by atoms with Crippen molar-refractivity contribution in [3.63, 3.8) is 0 Å². The minimum absolute atomic E-state index is 0.138. The van der Waals surface area contributed by atoms with Gasteiger partial charge in [0.2, 0.25) is 0 Å². The lowest BCUT2D eigenvalue weighted by atomic mass is 9.84. The molecule has 0 unspecified atom stereocenters. The maximum absolute atomic E-state index is 12.6. The highest BCUT2D eigenvalue weighted by Crippen LogP contribution is 2.37. The van der Waals surface area contributed by atoms with Crippen molar-refractivity contribution in [2.45, 2.75) is 39.5 Å². The molecule has 1 atom stereocenters. The number of carbonyl (C=O) groups excluding carboxylic acids is 2. The first-order chi connectivity index (χ1) is 9.15. The van der Waals surface area contributed by atoms with Gasteiger partial charge in [-0.3, -0.25) is 14.4 Å². The van der Waals surface area contributed by atoms with Gasteiger partial charge in [0.15, 0.2) is 5.78 Å². The Kier molecular flexibility index (Phi) is 5.02. The minimum atomic E-state index is -1.09. The third-order valence-electron chi connectivity index (χ3n) is 3.19. The first kappa shape index (κ1) is 16.8. The summed E-state index contributed by atoms with van der Waals surface area (Å²) in [6.07, 6.45) is 1.42. The smallest absolute Gasteiger partial charge is 0.308 e. The second-order valence-electron chi connectivity index (χ2n) is 5.72. The Hall–Kier alpha value is -1.30. The molecular formula is C14H21NO4S. The Morgan fingerprint density at radius 2 is 1.90 bits per heavy atom. The highest BCUT2D eigenvalue weighted by Gasteiger charge is 2.44. The van der Waals surface area contributed by atoms with Gasteiger partial charge in [0.25, 0.3) is 5.91 Å². The molecule has 0 spiro atoms. The molecule has 1 aliphatic rings. The second-order valence-corrected chi connectivity index (χ2v) is 6.64. The molecule has 6 heteroatoms. The number of aliphatic carboxylic acids is 1. The molecule has 5 nitrogen and oxygen atoms in total. The molecule has 1 amide bonds. The molecule has 0 radical (unpaired) electrons. The summed E-state index contributed by atoms with van der Waals surface area (Å²) in [5.41, 5.74) is -0.144. The van der Waals surface area contributed by atoms with Crippen molar-refractivity contribution in [1.29, 1.82) is 0 Å². The Morgan fingerprint density at radius 1 is 1.35 bits per heavy atom. The third-order valence-corrected chi connectivity index (χ3v) is 4.13. The number of carbonyl (C=O) groups is 3. The summed E-state index contributed by atoms with van der Waals surface area (Å²) in [4.78, 5) is 37.5. The molecular weight excluding hydrogens is 278 g/mol. The Balaban J connectivity index is 3.39. The Labute approximate surface area is 123 Å². The largest absolute Gasteiger partial charge is 0.481 e. The number of rotatable bonds is 5. The van der Waals surface area contributed by atoms with Gasteiger partial charge in [0, 0.05) is 23.1 Å². The molecule has 0 aromatic heterocycles. The first-order valence-electron chi connectivity index (χ1n) is 6.48. The fraction of sp³-hybridized carbons (Fsp3) is 0.643. The van der Waals surface area contributed by atoms with Gasteiger partial charge in [-0.2, -0.15) is 0 Å². The first-order valence-corrected chi connectivity index (χ1v) is 7.77. The van der Waals surface area contributed by atoms with Crippen LogP contribution in [0, 0.1) is 5.41 Å². The van der Waals surface area contributed by atoms with Gasteiger partial charge in [-0.25, -0.2) is 0 Å². The van der Waals surface area contributed by atoms with E-state index in [0.717, 1.165) is 0 Å². The van der Waals surface area contributed by atoms with Crippen molar-refractivity contribution in [1.82, 2.24) is 4.90 Å². The predicted molar refractivity (Wildman–Crippen MR) is 78.4 cm³/mol. The highest BCUT2D eigenvalue weighted by atomic mass is 32.2. The van der Waals surface area contributed by atoms with E-state index >= 15 is 0 Å². The summed E-state index contributed by atoms with van der Waals surface area (Å²) >= 11 is 1.39. The fourth-order valence-electron chi connectivity index (χ4n) is 2.23. The van der Waals surface area contributed by atoms with Crippen LogP contribution in [0.3, 0.4) is 0 Å². The minimum Gasteiger partial charge on any atom is -0.481 e. The van der Waals surface area contributed by atoms with Crippen LogP contribution in [0.5, 0.6) is 0 Å². The van der Waals surface area contributed by atoms with Crippen molar-refractivity contribution in [2.24, 2.45) is 5.41 Å². The molecule has 0 fully saturated rings. The number of Topliss-reactive ketones (excluding diaryl/α,β-unsaturated/α-hetero) is 1. The molecule has 112 valence electrons. The maximum Gasteiger partial charge on any atom is 0.308 e. The summed E-state index contributed by atoms with van der Waals surface area (Å²) in [7, 11) is 0. The highest BCUT2D eigenvalue weighted by molar-refractivity contribution is 7.99. The van der Waals surface area contributed by atoms with E-state index in [-0.39, 0.29) is 22.6 Å². The summed E-state index contributed by atoms with van der Waals surface area (Å²) < 4.78 is 0. The summed E-state index contributed by atoms with van der Waals surface area (Å²) in [6, 6.07) is 0. The van der Waals surface area contributed by atoms with Crippen LogP contribution in [0.2, 0.25) is 0 Å². The molecule has 1 heterocycles. The van der Waals surface area contributed by atoms with E-state index in [1.165, 1.54) is 11.8 Å². The number of hydrogen-bond acceptors (Lipinski definition) is 4. The van der Waals surface area contributed by atoms with Crippen molar-refractivity contribution in [2.75, 3.05) is 12.8 Å². The molecule has 0 bridgehead atoms. The van der Waals surface area contributed by atoms with Crippen LogP contribution in [0.1, 0.15) is 34.1 Å². The van der Waals surface area contributed by atoms with Gasteiger partial charge in [-0.05, 0) is 13.2 Å². The Bertz CT molecular complexity index is 476. The molecule has 0 saturated heterocycles. The SMILES string of the molecule is CCN1C(=O)C(CC(=O)O)=C(C(=O)C(C)(C)C)[C@@H]1SC. The van der Waals surface area contributed by atoms with Crippen LogP contribution in [0.15, 0.2) is 11.1 Å². The van der Waals surface area contributed by atoms with Crippen LogP contribution >= 0.6 is 11.8 Å². The third kappa shape index (κ3) is 3.06. The number of thioether (sulfide) groups is 1. The number of carboxylic acid groups (broad SMARTS) is 1. The average molecular weight is 299 g/mol. The van der Waals surface area contributed by atoms with Crippen molar-refractivity contribution >= 4 is 29.4 Å². The molecule has 1 rings (SSSR count). The normalized spacial score (nSPS) is 19.8. The van der Waals surface area contributed by atoms with Gasteiger partial charge in [-0.1, -0.05) is 20.8 Å². The van der Waals surface area contributed by atoms with Crippen molar-refractivity contribution in [3.8, 4) is 0 Å². The number of nitrogens with zero attached hydrogens (tertiary/aromatic N) is 1. The number of ketones is 1. The molecule has 1 N–H and O–H groups in total. The molecule has 0 aromatic carbocycles. The lowest BCUT2D eigenvalue weighted by molar-refractivity contribution is -0.137. The van der Waals surface area contributed by atoms with Gasteiger partial charge < -0.3 is 10.0 Å². The van der Waals surface area contributed by atoms with Crippen molar-refractivity contribution < 1.29 is 19.5 Å². The second kappa shape index (κ2) is 5.99. The average Bonchev–Trinajstić information content (AvgIpc) is 2.59. The van der Waals surface area contributed by atoms with Crippen molar-refractivity contribution in [3.05, 3.63) is 11.1 Å². The zero-order valence-electron chi connectivity index (χ0n) is 12.5. The lowest BCUT2D eigenvalue weighted by Crippen LogP contribution is -2.36. The van der Waals surface area contributed by atoms with E-state index in [1.807, 2.05) is 13.2 Å². The van der Waals surface area contributed by atoms with E-state index in [2.05, 4.69) is 0 Å². The fourth-order valence-corrected chi connectivity index (χ4v) is 3.21. The Morgan fingerprint density at radius 3 is 2.25 bits per heavy atom. The van der Waals surface area contributed by atoms with Crippen LogP contribution in [0.25, 0.3) is 0 Å². The zero-order chi connectivity index (χ0) is 15.7. The van der Waals surface area contributed by atoms with E-state index < -0.39 is 17.8 Å². The van der Waals surface area contributed by atoms with E-state index in [0.29, 0.717) is 12.1 Å². The lowest BCUT2D eigenvalue weighted by Gasteiger charge is -2.26. The van der Waals surface area contributed by atoms with Crippen LogP contribution in [-0.2, 0) is 14.4 Å². The van der Waals surface area contributed by atoms with Crippen LogP contribution < -0.4 is 0 Å². The number of likely N-dealkylation sites (N-methyl/N-ethyl adjacent to an activating group) is 1. The summed E-state index contributed by atoms with van der Waals surface area (Å²) in [5, 5.41) is 8.61. The molecule has 1 aliphatic heterocycles. The number of hydrogen-bond donors (Lipinski definition) is 1. The monoisotopic (exact) mass is 299 g/mol. The maximum atomic E-state index is 12.6. The number of carboxylic acids is 1. The topological polar surface area (TPSA) is 74.7 Å². The number of amides is 1. The van der Waals surface area contributed by atoms with E-state index in [4.69, 9.17) is 5.11 Å². The standard InChI is InChI=1S/C14H21NO4S/c1-6-15-12(19)8(7-9(16)17)10(13(15)20-5)11(18)14(2,3)4/h13H,6-7H2,1-5H3,(H,16,17)/t13-/m0/s1. The van der Waals surface area contributed by atoms with Gasteiger partial charge >= 0.3 is 5.97 Å². The van der Waals surface area contributed by atoms with E-state index in [9.17, 15) is 14.4 Å². The van der Waals surface area contributed by atoms with Crippen LogP contribution in [0.4, 0.5) is 0 Å². The molecule has 0 aromatic rings. The van der Waals surface area contributed by atoms with Gasteiger partial charge in [0.05, 0.1) is 6.42 Å². The summed E-state index contributed by atoms with van der Waals surface area (Å²) in [6.45, 7) is 7.60. The van der Waals surface area contributed by atoms with Crippen LogP contribution in [-0.4, -0.2) is 45.8 Å². The quantitative estimate of drug-likeness (QED) is 0.839. The summed E-state index contributed by atoms with van der Waals surface area (Å²) in [5.74, 6) is -1.58. The predicted octanol–water partition coefficient (Wildman–Crippen LogP) is 1.92. The molecule has 0 saturated carbocycles.